The number of carbonyl (C=O) groups is 4. The molecular weight excluding hydrogens is 542 g/mol. The molecule has 0 spiro atoms. The van der Waals surface area contributed by atoms with Gasteiger partial charge in [0.1, 0.15) is 6.10 Å². The largest absolute Gasteiger partial charge is 0.439 e. The summed E-state index contributed by atoms with van der Waals surface area (Å²) in [6.45, 7) is 10.9. The van der Waals surface area contributed by atoms with Crippen LogP contribution in [0.3, 0.4) is 0 Å². The van der Waals surface area contributed by atoms with Crippen LogP contribution in [0.5, 0.6) is 0 Å². The Hall–Kier alpha value is -3.80. The molecule has 0 saturated carbocycles. The van der Waals surface area contributed by atoms with Gasteiger partial charge >= 0.3 is 6.09 Å². The van der Waals surface area contributed by atoms with E-state index in [2.05, 4.69) is 17.2 Å². The molecule has 1 heterocycles. The number of primary amides is 1. The molecular formula is C31H43N3O8. The van der Waals surface area contributed by atoms with Gasteiger partial charge in [-0.15, -0.1) is 6.58 Å². The highest BCUT2D eigenvalue weighted by Crippen LogP contribution is 2.28. The maximum Gasteiger partial charge on any atom is 0.405 e. The van der Waals surface area contributed by atoms with Crippen molar-refractivity contribution < 1.29 is 38.5 Å². The highest BCUT2D eigenvalue weighted by molar-refractivity contribution is 6.23. The number of aliphatic hydroxyl groups excluding tert-OH is 1. The second kappa shape index (κ2) is 16.0. The van der Waals surface area contributed by atoms with Crippen LogP contribution in [0.2, 0.25) is 0 Å². The molecule has 0 fully saturated rings. The summed E-state index contributed by atoms with van der Waals surface area (Å²) >= 11 is 0. The van der Waals surface area contributed by atoms with Crippen molar-refractivity contribution in [2.45, 2.75) is 65.0 Å². The zero-order chi connectivity index (χ0) is 31.6. The number of aliphatic hydroxyl groups is 1. The lowest BCUT2D eigenvalue weighted by Crippen LogP contribution is -2.37. The molecule has 0 aromatic carbocycles. The van der Waals surface area contributed by atoms with Gasteiger partial charge in [0.15, 0.2) is 6.10 Å². The van der Waals surface area contributed by atoms with Crippen molar-refractivity contribution in [1.29, 1.82) is 0 Å². The minimum atomic E-state index is -1.00. The molecule has 1 aliphatic heterocycles. The number of carbonyl (C=O) groups excluding carboxylic acids is 4. The van der Waals surface area contributed by atoms with E-state index in [1.807, 2.05) is 6.92 Å². The number of ketones is 2. The van der Waals surface area contributed by atoms with Gasteiger partial charge in [0.2, 0.25) is 11.6 Å². The Balaban J connectivity index is 2.62. The van der Waals surface area contributed by atoms with E-state index in [0.717, 1.165) is 6.08 Å². The van der Waals surface area contributed by atoms with E-state index in [4.69, 9.17) is 19.9 Å². The van der Waals surface area contributed by atoms with Crippen molar-refractivity contribution in [3.63, 3.8) is 0 Å². The Morgan fingerprint density at radius 1 is 1.21 bits per heavy atom. The number of ether oxygens (including phenoxy) is 3. The van der Waals surface area contributed by atoms with Gasteiger partial charge in [-0.2, -0.15) is 0 Å². The second-order valence-corrected chi connectivity index (χ2v) is 10.6. The summed E-state index contributed by atoms with van der Waals surface area (Å²) in [6, 6.07) is 0. The highest BCUT2D eigenvalue weighted by Gasteiger charge is 2.33. The molecule has 6 atom stereocenters. The number of fused-ring (bicyclic) bond motifs is 2. The number of nitrogens with two attached hydrogens (primary N) is 1. The normalized spacial score (nSPS) is 31.6. The van der Waals surface area contributed by atoms with Crippen molar-refractivity contribution in [3.8, 4) is 0 Å². The average Bonchev–Trinajstić information content (AvgIpc) is 2.94. The minimum absolute atomic E-state index is 0.132. The summed E-state index contributed by atoms with van der Waals surface area (Å²) < 4.78 is 16.6. The molecule has 42 heavy (non-hydrogen) atoms. The van der Waals surface area contributed by atoms with Crippen LogP contribution in [-0.2, 0) is 28.6 Å². The van der Waals surface area contributed by atoms with Crippen LogP contribution in [0, 0.1) is 11.8 Å². The van der Waals surface area contributed by atoms with Crippen molar-refractivity contribution in [2.24, 2.45) is 17.6 Å². The number of hydrogen-bond acceptors (Lipinski definition) is 9. The third kappa shape index (κ3) is 9.10. The van der Waals surface area contributed by atoms with Gasteiger partial charge in [-0.3, -0.25) is 14.4 Å². The van der Waals surface area contributed by atoms with Crippen LogP contribution in [0.15, 0.2) is 71.1 Å². The fraction of sp³-hybridized carbons (Fsp3) is 0.484. The summed E-state index contributed by atoms with van der Waals surface area (Å²) in [5.41, 5.74) is 6.42. The van der Waals surface area contributed by atoms with Crippen LogP contribution < -0.4 is 16.4 Å². The van der Waals surface area contributed by atoms with E-state index in [-0.39, 0.29) is 41.4 Å². The van der Waals surface area contributed by atoms with Gasteiger partial charge in [0.05, 0.1) is 23.6 Å². The number of hydrogen-bond donors (Lipinski definition) is 4. The molecule has 0 saturated heterocycles. The van der Waals surface area contributed by atoms with Crippen molar-refractivity contribution in [1.82, 2.24) is 10.6 Å². The quantitative estimate of drug-likeness (QED) is 0.271. The third-order valence-corrected chi connectivity index (χ3v) is 7.22. The molecule has 1 aliphatic carbocycles. The van der Waals surface area contributed by atoms with E-state index < -0.39 is 53.9 Å². The van der Waals surface area contributed by atoms with E-state index in [1.54, 1.807) is 45.1 Å². The number of amides is 2. The highest BCUT2D eigenvalue weighted by atomic mass is 16.6. The number of allylic oxidation sites excluding steroid dienone is 4. The first-order chi connectivity index (χ1) is 19.8. The fourth-order valence-corrected chi connectivity index (χ4v) is 4.95. The standard InChI is InChI=1S/C31H43N3O8/c1-8-12-33-26-21-13-17(2)14-25(41-7)27(36)19(4)15-20(5)29(42-31(32)39)24(40-6)11-9-10-18(3)30(38)34-22(28(21)37)16-23(26)35/h8-11,15-17,19,24-25,27,29,33,36H,1,12-14H2,2-7H3,(H2,32,39)(H,34,38)/b11-9-,18-10+,20-15-. The second-order valence-electron chi connectivity index (χ2n) is 10.6. The van der Waals surface area contributed by atoms with E-state index in [1.165, 1.54) is 20.3 Å². The lowest BCUT2D eigenvalue weighted by Gasteiger charge is -2.30. The fourth-order valence-electron chi connectivity index (χ4n) is 4.95. The summed E-state index contributed by atoms with van der Waals surface area (Å²) in [5.74, 6) is -2.14. The summed E-state index contributed by atoms with van der Waals surface area (Å²) in [6.07, 6.45) is 5.34. The maximum atomic E-state index is 13.5. The number of methoxy groups -OCH3 is 2. The molecule has 2 aliphatic rings. The summed E-state index contributed by atoms with van der Waals surface area (Å²) in [5, 5.41) is 16.7. The summed E-state index contributed by atoms with van der Waals surface area (Å²) in [7, 11) is 2.92. The SMILES string of the molecule is C=CCNC1=C2CC(C)CC(OC)C(O)C(C)/C=C(/C)C(OC(N)=O)C(OC)/C=C\C=C(/C)C(=O)NC(=CC1=O)C2=O. The van der Waals surface area contributed by atoms with Crippen molar-refractivity contribution in [3.05, 3.63) is 71.1 Å². The van der Waals surface area contributed by atoms with Crippen LogP contribution in [-0.4, -0.2) is 73.9 Å². The molecule has 11 heteroatoms. The first-order valence-corrected chi connectivity index (χ1v) is 13.8. The predicted octanol–water partition coefficient (Wildman–Crippen LogP) is 2.54. The van der Waals surface area contributed by atoms with Crippen LogP contribution in [0.25, 0.3) is 0 Å². The molecule has 2 amide bonds. The lowest BCUT2D eigenvalue weighted by molar-refractivity contribution is -0.120. The van der Waals surface area contributed by atoms with Gasteiger partial charge in [0.25, 0.3) is 5.91 Å². The van der Waals surface area contributed by atoms with E-state index in [0.29, 0.717) is 12.0 Å². The molecule has 0 aromatic rings. The molecule has 2 rings (SSSR count). The first kappa shape index (κ1) is 34.4. The number of rotatable bonds is 6. The monoisotopic (exact) mass is 585 g/mol. The molecule has 230 valence electrons. The maximum absolute atomic E-state index is 13.5. The average molecular weight is 586 g/mol. The summed E-state index contributed by atoms with van der Waals surface area (Å²) in [4.78, 5) is 51.3. The third-order valence-electron chi connectivity index (χ3n) is 7.22. The Morgan fingerprint density at radius 3 is 2.50 bits per heavy atom. The first-order valence-electron chi connectivity index (χ1n) is 13.8. The van der Waals surface area contributed by atoms with Crippen LogP contribution >= 0.6 is 0 Å². The van der Waals surface area contributed by atoms with Gasteiger partial charge in [0, 0.05) is 43.9 Å². The Morgan fingerprint density at radius 2 is 1.90 bits per heavy atom. The molecule has 6 unspecified atom stereocenters. The molecule has 0 radical (unpaired) electrons. The topological polar surface area (TPSA) is 166 Å². The minimum Gasteiger partial charge on any atom is -0.439 e. The molecule has 5 N–H and O–H groups in total. The number of Topliss-reactive ketones (excluding diaryl/α,β-unsaturated/α-hetero) is 1. The number of nitrogens with one attached hydrogen (secondary N) is 2. The Bertz CT molecular complexity index is 1210. The van der Waals surface area contributed by atoms with Gasteiger partial charge < -0.3 is 35.7 Å². The zero-order valence-corrected chi connectivity index (χ0v) is 25.1. The Labute approximate surface area is 247 Å². The molecule has 2 bridgehead atoms. The van der Waals surface area contributed by atoms with E-state index in [9.17, 15) is 24.3 Å². The van der Waals surface area contributed by atoms with Gasteiger partial charge in [-0.25, -0.2) is 4.79 Å². The van der Waals surface area contributed by atoms with Crippen LogP contribution in [0.1, 0.15) is 40.5 Å². The lowest BCUT2D eigenvalue weighted by atomic mass is 9.85. The zero-order valence-electron chi connectivity index (χ0n) is 25.1. The smallest absolute Gasteiger partial charge is 0.405 e. The molecule has 11 nitrogen and oxygen atoms in total. The van der Waals surface area contributed by atoms with Gasteiger partial charge in [-0.05, 0) is 38.2 Å². The van der Waals surface area contributed by atoms with Crippen LogP contribution in [0.4, 0.5) is 4.79 Å². The predicted molar refractivity (Wildman–Crippen MR) is 158 cm³/mol. The van der Waals surface area contributed by atoms with E-state index >= 15 is 0 Å². The van der Waals surface area contributed by atoms with Crippen molar-refractivity contribution >= 4 is 23.6 Å². The van der Waals surface area contributed by atoms with Crippen molar-refractivity contribution in [2.75, 3.05) is 20.8 Å². The molecule has 0 aromatic heterocycles. The Kier molecular flexibility index (Phi) is 13.1. The van der Waals surface area contributed by atoms with Gasteiger partial charge in [-0.1, -0.05) is 44.2 Å².